The highest BCUT2D eigenvalue weighted by atomic mass is 32.1. The normalized spacial score (nSPS) is 16.9. The number of carbonyl (C=O) groups is 1. The number of hydrogen-bond donors (Lipinski definition) is 0. The largest absolute Gasteiger partial charge is 0.493 e. The van der Waals surface area contributed by atoms with Gasteiger partial charge in [-0.1, -0.05) is 25.1 Å². The zero-order valence-electron chi connectivity index (χ0n) is 16.0. The van der Waals surface area contributed by atoms with Crippen molar-refractivity contribution >= 4 is 17.2 Å². The SMILES string of the molecule is CC(C)COc1ccc(-c2noc(C3CC(=O)N(Cc4cccs4)C3)n2)cc1. The highest BCUT2D eigenvalue weighted by molar-refractivity contribution is 7.09. The number of amides is 1. The Labute approximate surface area is 168 Å². The molecule has 7 heteroatoms. The molecule has 1 atom stereocenters. The number of aromatic nitrogens is 2. The Balaban J connectivity index is 1.41. The first-order chi connectivity index (χ1) is 13.6. The van der Waals surface area contributed by atoms with E-state index in [4.69, 9.17) is 9.26 Å². The van der Waals surface area contributed by atoms with Crippen molar-refractivity contribution in [2.75, 3.05) is 13.2 Å². The summed E-state index contributed by atoms with van der Waals surface area (Å²) in [6.45, 7) is 6.17. The van der Waals surface area contributed by atoms with Gasteiger partial charge < -0.3 is 14.2 Å². The number of likely N-dealkylation sites (tertiary alicyclic amines) is 1. The molecule has 0 spiro atoms. The van der Waals surface area contributed by atoms with Gasteiger partial charge in [-0.05, 0) is 41.6 Å². The van der Waals surface area contributed by atoms with Gasteiger partial charge in [-0.2, -0.15) is 4.98 Å². The van der Waals surface area contributed by atoms with E-state index in [9.17, 15) is 4.79 Å². The molecule has 1 aliphatic rings. The van der Waals surface area contributed by atoms with Crippen molar-refractivity contribution in [2.45, 2.75) is 32.7 Å². The summed E-state index contributed by atoms with van der Waals surface area (Å²) in [6, 6.07) is 11.7. The van der Waals surface area contributed by atoms with Crippen LogP contribution in [-0.2, 0) is 11.3 Å². The maximum atomic E-state index is 12.3. The van der Waals surface area contributed by atoms with Crippen molar-refractivity contribution in [1.29, 1.82) is 0 Å². The quantitative estimate of drug-likeness (QED) is 0.593. The molecule has 3 aromatic rings. The molecular weight excluding hydrogens is 374 g/mol. The van der Waals surface area contributed by atoms with E-state index in [0.717, 1.165) is 11.3 Å². The lowest BCUT2D eigenvalue weighted by molar-refractivity contribution is -0.128. The van der Waals surface area contributed by atoms with E-state index in [1.807, 2.05) is 46.7 Å². The van der Waals surface area contributed by atoms with Crippen molar-refractivity contribution < 1.29 is 14.1 Å². The molecule has 6 nitrogen and oxygen atoms in total. The van der Waals surface area contributed by atoms with E-state index in [1.165, 1.54) is 4.88 Å². The lowest BCUT2D eigenvalue weighted by atomic mass is 10.1. The predicted molar refractivity (Wildman–Crippen MR) is 107 cm³/mol. The minimum absolute atomic E-state index is 0.0534. The van der Waals surface area contributed by atoms with Crippen LogP contribution in [0.1, 0.15) is 37.0 Å². The number of thiophene rings is 1. The van der Waals surface area contributed by atoms with Crippen molar-refractivity contribution in [3.8, 4) is 17.1 Å². The molecule has 4 rings (SSSR count). The number of hydrogen-bond acceptors (Lipinski definition) is 6. The zero-order valence-corrected chi connectivity index (χ0v) is 16.8. The third kappa shape index (κ3) is 4.25. The molecule has 1 aliphatic heterocycles. The molecule has 2 aromatic heterocycles. The fraction of sp³-hybridized carbons (Fsp3) is 0.381. The van der Waals surface area contributed by atoms with Crippen LogP contribution >= 0.6 is 11.3 Å². The number of nitrogens with zero attached hydrogens (tertiary/aromatic N) is 3. The fourth-order valence-electron chi connectivity index (χ4n) is 3.16. The van der Waals surface area contributed by atoms with Gasteiger partial charge in [-0.3, -0.25) is 4.79 Å². The number of ether oxygens (including phenoxy) is 1. The minimum atomic E-state index is -0.0534. The van der Waals surface area contributed by atoms with Crippen LogP contribution in [0.15, 0.2) is 46.3 Å². The Morgan fingerprint density at radius 2 is 2.11 bits per heavy atom. The van der Waals surface area contributed by atoms with E-state index < -0.39 is 0 Å². The van der Waals surface area contributed by atoms with Crippen LogP contribution in [0.5, 0.6) is 5.75 Å². The average molecular weight is 398 g/mol. The lowest BCUT2D eigenvalue weighted by Gasteiger charge is -2.14. The van der Waals surface area contributed by atoms with Gasteiger partial charge in [0.15, 0.2) is 0 Å². The van der Waals surface area contributed by atoms with Crippen molar-refractivity contribution in [1.82, 2.24) is 15.0 Å². The van der Waals surface area contributed by atoms with Crippen LogP contribution in [0.2, 0.25) is 0 Å². The molecule has 1 saturated heterocycles. The molecule has 28 heavy (non-hydrogen) atoms. The molecule has 146 valence electrons. The summed E-state index contributed by atoms with van der Waals surface area (Å²) in [4.78, 5) is 19.9. The first kappa shape index (κ1) is 18.7. The summed E-state index contributed by atoms with van der Waals surface area (Å²) < 4.78 is 11.2. The Morgan fingerprint density at radius 3 is 2.82 bits per heavy atom. The molecule has 0 bridgehead atoms. The molecular formula is C21H23N3O3S. The van der Waals surface area contributed by atoms with E-state index in [-0.39, 0.29) is 11.8 Å². The molecule has 0 saturated carbocycles. The summed E-state index contributed by atoms with van der Waals surface area (Å²) in [6.07, 6.45) is 0.412. The number of benzene rings is 1. The van der Waals surface area contributed by atoms with E-state index >= 15 is 0 Å². The second-order valence-corrected chi connectivity index (χ2v) is 8.47. The Morgan fingerprint density at radius 1 is 1.29 bits per heavy atom. The smallest absolute Gasteiger partial charge is 0.232 e. The highest BCUT2D eigenvalue weighted by Gasteiger charge is 2.34. The molecule has 1 unspecified atom stereocenters. The zero-order chi connectivity index (χ0) is 19.5. The third-order valence-corrected chi connectivity index (χ3v) is 5.49. The molecule has 0 N–H and O–H groups in total. The summed E-state index contributed by atoms with van der Waals surface area (Å²) in [5, 5.41) is 6.13. The van der Waals surface area contributed by atoms with E-state index in [1.54, 1.807) is 11.3 Å². The van der Waals surface area contributed by atoms with Crippen molar-refractivity contribution in [3.63, 3.8) is 0 Å². The summed E-state index contributed by atoms with van der Waals surface area (Å²) in [7, 11) is 0. The molecule has 0 aliphatic carbocycles. The number of carbonyl (C=O) groups excluding carboxylic acids is 1. The van der Waals surface area contributed by atoms with E-state index in [2.05, 4.69) is 24.0 Å². The Kier molecular flexibility index (Phi) is 5.43. The second kappa shape index (κ2) is 8.14. The first-order valence-electron chi connectivity index (χ1n) is 9.45. The van der Waals surface area contributed by atoms with Crippen LogP contribution in [0.4, 0.5) is 0 Å². The van der Waals surface area contributed by atoms with Gasteiger partial charge in [0.25, 0.3) is 0 Å². The Bertz CT molecular complexity index is 919. The topological polar surface area (TPSA) is 68.5 Å². The van der Waals surface area contributed by atoms with Crippen molar-refractivity contribution in [2.24, 2.45) is 5.92 Å². The monoisotopic (exact) mass is 397 g/mol. The van der Waals surface area contributed by atoms with Gasteiger partial charge in [-0.15, -0.1) is 11.3 Å². The Hall–Kier alpha value is -2.67. The van der Waals surface area contributed by atoms with Crippen LogP contribution < -0.4 is 4.74 Å². The minimum Gasteiger partial charge on any atom is -0.493 e. The van der Waals surface area contributed by atoms with E-state index in [0.29, 0.717) is 43.8 Å². The van der Waals surface area contributed by atoms with Gasteiger partial charge in [0, 0.05) is 23.4 Å². The van der Waals surface area contributed by atoms with Gasteiger partial charge in [0.05, 0.1) is 19.1 Å². The average Bonchev–Trinajstić information content (AvgIpc) is 3.43. The standard InChI is InChI=1S/C21H23N3O3S/c1-14(2)13-26-17-7-5-15(6-8-17)20-22-21(27-23-20)16-10-19(25)24(11-16)12-18-4-3-9-28-18/h3-9,14,16H,10-13H2,1-2H3. The highest BCUT2D eigenvalue weighted by Crippen LogP contribution is 2.30. The summed E-state index contributed by atoms with van der Waals surface area (Å²) in [5.41, 5.74) is 0.867. The van der Waals surface area contributed by atoms with Gasteiger partial charge in [-0.25, -0.2) is 0 Å². The number of rotatable bonds is 7. The second-order valence-electron chi connectivity index (χ2n) is 7.44. The summed E-state index contributed by atoms with van der Waals surface area (Å²) >= 11 is 1.66. The fourth-order valence-corrected chi connectivity index (χ4v) is 3.88. The molecule has 1 amide bonds. The molecule has 1 fully saturated rings. The summed E-state index contributed by atoms with van der Waals surface area (Å²) in [5.74, 6) is 2.44. The predicted octanol–water partition coefficient (Wildman–Crippen LogP) is 4.35. The van der Waals surface area contributed by atoms with Gasteiger partial charge in [0.2, 0.25) is 17.6 Å². The van der Waals surface area contributed by atoms with Gasteiger partial charge >= 0.3 is 0 Å². The van der Waals surface area contributed by atoms with Crippen LogP contribution in [0.3, 0.4) is 0 Å². The maximum Gasteiger partial charge on any atom is 0.232 e. The third-order valence-electron chi connectivity index (χ3n) is 4.63. The molecule has 1 aromatic carbocycles. The van der Waals surface area contributed by atoms with Crippen LogP contribution in [-0.4, -0.2) is 34.1 Å². The van der Waals surface area contributed by atoms with Crippen LogP contribution in [0.25, 0.3) is 11.4 Å². The van der Waals surface area contributed by atoms with Gasteiger partial charge in [0.1, 0.15) is 5.75 Å². The lowest BCUT2D eigenvalue weighted by Crippen LogP contribution is -2.23. The maximum absolute atomic E-state index is 12.3. The molecule has 3 heterocycles. The first-order valence-corrected chi connectivity index (χ1v) is 10.3. The van der Waals surface area contributed by atoms with Crippen molar-refractivity contribution in [3.05, 3.63) is 52.5 Å². The molecule has 0 radical (unpaired) electrons. The van der Waals surface area contributed by atoms with Crippen LogP contribution in [0, 0.1) is 5.92 Å².